The van der Waals surface area contributed by atoms with Crippen LogP contribution in [0.25, 0.3) is 0 Å². The molecule has 2 aliphatic rings. The number of likely N-dealkylation sites (tertiary alicyclic amines) is 1. The van der Waals surface area contributed by atoms with Crippen molar-refractivity contribution < 1.29 is 9.90 Å². The van der Waals surface area contributed by atoms with E-state index >= 15 is 0 Å². The average molecular weight is 295 g/mol. The molecule has 108 valence electrons. The molecule has 0 saturated carbocycles. The summed E-state index contributed by atoms with van der Waals surface area (Å²) in [4.78, 5) is 14.1. The number of hydrogen-bond acceptors (Lipinski definition) is 2. The molecule has 2 N–H and O–H groups in total. The van der Waals surface area contributed by atoms with E-state index in [2.05, 4.69) is 5.32 Å². The summed E-state index contributed by atoms with van der Waals surface area (Å²) in [5, 5.41) is 13.1. The molecule has 1 saturated heterocycles. The second-order valence-corrected chi connectivity index (χ2v) is 5.99. The lowest BCUT2D eigenvalue weighted by Gasteiger charge is -2.25. The lowest BCUT2D eigenvalue weighted by molar-refractivity contribution is 0.154. The minimum atomic E-state index is -0.0608. The third kappa shape index (κ3) is 2.50. The molecule has 1 aliphatic carbocycles. The number of nitrogens with one attached hydrogen (secondary N) is 1. The molecule has 5 heteroatoms. The van der Waals surface area contributed by atoms with E-state index in [0.29, 0.717) is 0 Å². The van der Waals surface area contributed by atoms with Crippen LogP contribution < -0.4 is 5.32 Å². The number of urea groups is 1. The first-order chi connectivity index (χ1) is 9.69. The third-order valence-electron chi connectivity index (χ3n) is 4.33. The van der Waals surface area contributed by atoms with E-state index in [-0.39, 0.29) is 24.7 Å². The van der Waals surface area contributed by atoms with Gasteiger partial charge in [0, 0.05) is 11.6 Å². The summed E-state index contributed by atoms with van der Waals surface area (Å²) in [7, 11) is 0. The molecule has 2 amide bonds. The number of fused-ring (bicyclic) bond motifs is 1. The van der Waals surface area contributed by atoms with Crippen LogP contribution in [-0.4, -0.2) is 35.2 Å². The topological polar surface area (TPSA) is 52.6 Å². The first-order valence-corrected chi connectivity index (χ1v) is 7.53. The molecule has 1 heterocycles. The van der Waals surface area contributed by atoms with E-state index in [4.69, 9.17) is 11.6 Å². The van der Waals surface area contributed by atoms with Crippen LogP contribution in [0.15, 0.2) is 18.2 Å². The number of rotatable bonds is 2. The van der Waals surface area contributed by atoms with Gasteiger partial charge in [0.25, 0.3) is 0 Å². The van der Waals surface area contributed by atoms with Gasteiger partial charge in [0.05, 0.1) is 18.7 Å². The number of carbonyl (C=O) groups excluding carboxylic acids is 1. The van der Waals surface area contributed by atoms with Crippen LogP contribution in [-0.2, 0) is 6.42 Å². The molecule has 1 aromatic carbocycles. The Balaban J connectivity index is 1.69. The first kappa shape index (κ1) is 13.7. The SMILES string of the molecule is O=C(NC1CCc2cc(Cl)ccc21)N1CCCC1CO. The molecule has 1 aliphatic heterocycles. The normalized spacial score (nSPS) is 24.8. The largest absolute Gasteiger partial charge is 0.394 e. The molecule has 1 fully saturated rings. The van der Waals surface area contributed by atoms with Gasteiger partial charge in [-0.2, -0.15) is 0 Å². The lowest BCUT2D eigenvalue weighted by atomic mass is 10.1. The Bertz CT molecular complexity index is 521. The van der Waals surface area contributed by atoms with Gasteiger partial charge < -0.3 is 15.3 Å². The third-order valence-corrected chi connectivity index (χ3v) is 4.56. The van der Waals surface area contributed by atoms with Crippen LogP contribution in [0.5, 0.6) is 0 Å². The lowest BCUT2D eigenvalue weighted by Crippen LogP contribution is -2.45. The summed E-state index contributed by atoms with van der Waals surface area (Å²) in [6.45, 7) is 0.779. The molecule has 3 rings (SSSR count). The van der Waals surface area contributed by atoms with Gasteiger partial charge >= 0.3 is 6.03 Å². The Morgan fingerprint density at radius 2 is 2.30 bits per heavy atom. The minimum absolute atomic E-state index is 0.0268. The van der Waals surface area contributed by atoms with Gasteiger partial charge in [-0.05, 0) is 48.9 Å². The zero-order valence-corrected chi connectivity index (χ0v) is 12.1. The summed E-state index contributed by atoms with van der Waals surface area (Å²) in [5.74, 6) is 0. The van der Waals surface area contributed by atoms with Crippen molar-refractivity contribution in [3.05, 3.63) is 34.3 Å². The molecule has 1 aromatic rings. The van der Waals surface area contributed by atoms with Crippen molar-refractivity contribution in [2.75, 3.05) is 13.2 Å². The van der Waals surface area contributed by atoms with E-state index in [1.165, 1.54) is 11.1 Å². The van der Waals surface area contributed by atoms with Gasteiger partial charge in [0.2, 0.25) is 0 Å². The number of halogens is 1. The fourth-order valence-electron chi connectivity index (χ4n) is 3.26. The van der Waals surface area contributed by atoms with Crippen LogP contribution in [0, 0.1) is 0 Å². The highest BCUT2D eigenvalue weighted by Crippen LogP contribution is 2.33. The van der Waals surface area contributed by atoms with Crippen molar-refractivity contribution in [2.24, 2.45) is 0 Å². The highest BCUT2D eigenvalue weighted by molar-refractivity contribution is 6.30. The van der Waals surface area contributed by atoms with Gasteiger partial charge in [-0.1, -0.05) is 17.7 Å². The maximum Gasteiger partial charge on any atom is 0.318 e. The van der Waals surface area contributed by atoms with Crippen LogP contribution in [0.3, 0.4) is 0 Å². The fraction of sp³-hybridized carbons (Fsp3) is 0.533. The fourth-order valence-corrected chi connectivity index (χ4v) is 3.46. The summed E-state index contributed by atoms with van der Waals surface area (Å²) < 4.78 is 0. The van der Waals surface area contributed by atoms with Crippen LogP contribution in [0.4, 0.5) is 4.79 Å². The molecular formula is C15H19ClN2O2. The monoisotopic (exact) mass is 294 g/mol. The van der Waals surface area contributed by atoms with Gasteiger partial charge in [0.15, 0.2) is 0 Å². The predicted molar refractivity (Wildman–Crippen MR) is 77.9 cm³/mol. The molecule has 0 radical (unpaired) electrons. The Hall–Kier alpha value is -1.26. The number of aliphatic hydroxyl groups excluding tert-OH is 1. The maximum absolute atomic E-state index is 12.3. The molecule has 0 bridgehead atoms. The molecule has 2 unspecified atom stereocenters. The second kappa shape index (κ2) is 5.62. The van der Waals surface area contributed by atoms with Gasteiger partial charge in [0.1, 0.15) is 0 Å². The van der Waals surface area contributed by atoms with E-state index in [9.17, 15) is 9.90 Å². The Kier molecular flexibility index (Phi) is 3.85. The molecule has 0 spiro atoms. The van der Waals surface area contributed by atoms with Crippen LogP contribution in [0.1, 0.15) is 36.4 Å². The number of aliphatic hydroxyl groups is 1. The van der Waals surface area contributed by atoms with Crippen molar-refractivity contribution in [2.45, 2.75) is 37.8 Å². The smallest absolute Gasteiger partial charge is 0.318 e. The molecule has 0 aromatic heterocycles. The zero-order valence-electron chi connectivity index (χ0n) is 11.3. The van der Waals surface area contributed by atoms with Crippen LogP contribution in [0.2, 0.25) is 5.02 Å². The number of nitrogens with zero attached hydrogens (tertiary/aromatic N) is 1. The van der Waals surface area contributed by atoms with E-state index in [1.54, 1.807) is 4.90 Å². The maximum atomic E-state index is 12.3. The first-order valence-electron chi connectivity index (χ1n) is 7.15. The number of benzene rings is 1. The highest BCUT2D eigenvalue weighted by atomic mass is 35.5. The van der Waals surface area contributed by atoms with Gasteiger partial charge in [-0.15, -0.1) is 0 Å². The standard InChI is InChI=1S/C15H19ClN2O2/c16-11-4-5-13-10(8-11)3-6-14(13)17-15(20)18-7-1-2-12(18)9-19/h4-5,8,12,14,19H,1-3,6-7,9H2,(H,17,20). The summed E-state index contributed by atoms with van der Waals surface area (Å²) in [6, 6.07) is 5.83. The Labute approximate surface area is 123 Å². The number of hydrogen-bond donors (Lipinski definition) is 2. The van der Waals surface area contributed by atoms with Crippen molar-refractivity contribution in [1.82, 2.24) is 10.2 Å². The van der Waals surface area contributed by atoms with Gasteiger partial charge in [-0.25, -0.2) is 4.79 Å². The summed E-state index contributed by atoms with van der Waals surface area (Å²) >= 11 is 5.99. The van der Waals surface area contributed by atoms with Crippen molar-refractivity contribution in [3.63, 3.8) is 0 Å². The van der Waals surface area contributed by atoms with E-state index in [0.717, 1.165) is 37.3 Å². The van der Waals surface area contributed by atoms with Crippen LogP contribution >= 0.6 is 11.6 Å². The summed E-state index contributed by atoms with van der Waals surface area (Å²) in [6.07, 6.45) is 3.72. The Morgan fingerprint density at radius 3 is 3.10 bits per heavy atom. The van der Waals surface area contributed by atoms with Crippen molar-refractivity contribution in [1.29, 1.82) is 0 Å². The molecule has 2 atom stereocenters. The second-order valence-electron chi connectivity index (χ2n) is 5.56. The minimum Gasteiger partial charge on any atom is -0.394 e. The molecular weight excluding hydrogens is 276 g/mol. The number of amides is 2. The van der Waals surface area contributed by atoms with Crippen molar-refractivity contribution in [3.8, 4) is 0 Å². The molecule has 20 heavy (non-hydrogen) atoms. The van der Waals surface area contributed by atoms with Crippen molar-refractivity contribution >= 4 is 17.6 Å². The number of aryl methyl sites for hydroxylation is 1. The van der Waals surface area contributed by atoms with Gasteiger partial charge in [-0.3, -0.25) is 0 Å². The molecule has 4 nitrogen and oxygen atoms in total. The number of carbonyl (C=O) groups is 1. The average Bonchev–Trinajstić information content (AvgIpc) is 3.05. The zero-order chi connectivity index (χ0) is 14.1. The Morgan fingerprint density at radius 1 is 1.45 bits per heavy atom. The quantitative estimate of drug-likeness (QED) is 0.880. The van der Waals surface area contributed by atoms with E-state index in [1.807, 2.05) is 18.2 Å². The highest BCUT2D eigenvalue weighted by Gasteiger charge is 2.31. The summed E-state index contributed by atoms with van der Waals surface area (Å²) in [5.41, 5.74) is 2.39. The predicted octanol–water partition coefficient (Wildman–Crippen LogP) is 2.49. The van der Waals surface area contributed by atoms with E-state index < -0.39 is 0 Å².